The molecule has 4 aromatic carbocycles. The van der Waals surface area contributed by atoms with E-state index in [0.29, 0.717) is 27.5 Å². The van der Waals surface area contributed by atoms with Crippen molar-refractivity contribution in [2.24, 2.45) is 0 Å². The average molecular weight is 366 g/mol. The minimum absolute atomic E-state index is 0.00458. The van der Waals surface area contributed by atoms with Crippen LogP contribution >= 0.6 is 0 Å². The number of rotatable bonds is 1. The maximum Gasteiger partial charge on any atom is 0.193 e. The number of benzene rings is 4. The Hall–Kier alpha value is -3.59. The molecule has 0 radical (unpaired) electrons. The number of hydrogen-bond donors (Lipinski definition) is 2. The molecular weight excluding hydrogens is 348 g/mol. The van der Waals surface area contributed by atoms with Gasteiger partial charge in [0.1, 0.15) is 11.5 Å². The van der Waals surface area contributed by atoms with Crippen LogP contribution in [0.5, 0.6) is 11.5 Å². The van der Waals surface area contributed by atoms with Gasteiger partial charge in [0, 0.05) is 33.4 Å². The van der Waals surface area contributed by atoms with E-state index in [4.69, 9.17) is 0 Å². The van der Waals surface area contributed by atoms with Crippen LogP contribution in [0.15, 0.2) is 72.8 Å². The molecule has 28 heavy (non-hydrogen) atoms. The van der Waals surface area contributed by atoms with Crippen LogP contribution in [0.3, 0.4) is 0 Å². The lowest BCUT2D eigenvalue weighted by Gasteiger charge is -2.29. The average Bonchev–Trinajstić information content (AvgIpc) is 2.72. The fraction of sp³-hybridized carbons (Fsp3) is 0.0800. The van der Waals surface area contributed by atoms with Gasteiger partial charge in [0.05, 0.1) is 0 Å². The van der Waals surface area contributed by atoms with E-state index in [1.54, 1.807) is 18.2 Å². The highest BCUT2D eigenvalue weighted by Gasteiger charge is 2.34. The third kappa shape index (κ3) is 2.26. The highest BCUT2D eigenvalue weighted by Crippen LogP contribution is 2.47. The van der Waals surface area contributed by atoms with Gasteiger partial charge in [-0.2, -0.15) is 0 Å². The van der Waals surface area contributed by atoms with Crippen LogP contribution in [0.25, 0.3) is 10.8 Å². The van der Waals surface area contributed by atoms with E-state index in [9.17, 15) is 15.0 Å². The van der Waals surface area contributed by atoms with Gasteiger partial charge in [-0.3, -0.25) is 4.79 Å². The molecule has 0 saturated heterocycles. The molecule has 3 heteroatoms. The highest BCUT2D eigenvalue weighted by molar-refractivity contribution is 6.13. The van der Waals surface area contributed by atoms with E-state index in [1.165, 1.54) is 0 Å². The summed E-state index contributed by atoms with van der Waals surface area (Å²) in [5.74, 6) is -0.0874. The molecule has 0 amide bonds. The Labute approximate surface area is 162 Å². The fourth-order valence-corrected chi connectivity index (χ4v) is 4.30. The highest BCUT2D eigenvalue weighted by atomic mass is 16.3. The molecular formula is C25H18O3. The predicted octanol–water partition coefficient (Wildman–Crippen LogP) is 5.28. The van der Waals surface area contributed by atoms with Crippen molar-refractivity contribution in [1.29, 1.82) is 0 Å². The van der Waals surface area contributed by atoms with Crippen LogP contribution in [0, 0.1) is 6.92 Å². The molecule has 3 nitrogen and oxygen atoms in total. The van der Waals surface area contributed by atoms with Gasteiger partial charge in [-0.25, -0.2) is 0 Å². The first kappa shape index (κ1) is 16.6. The molecule has 4 aromatic rings. The largest absolute Gasteiger partial charge is 0.507 e. The van der Waals surface area contributed by atoms with E-state index in [1.807, 2.05) is 61.5 Å². The van der Waals surface area contributed by atoms with E-state index < -0.39 is 0 Å². The number of phenols is 2. The number of hydrogen-bond acceptors (Lipinski definition) is 3. The molecule has 0 fully saturated rings. The zero-order chi connectivity index (χ0) is 19.4. The number of aromatic hydroxyl groups is 2. The normalized spacial score (nSPS) is 15.3. The summed E-state index contributed by atoms with van der Waals surface area (Å²) in [5.41, 5.74) is 4.58. The number of ketones is 1. The van der Waals surface area contributed by atoms with Crippen LogP contribution in [0.1, 0.15) is 44.1 Å². The molecule has 5 rings (SSSR count). The van der Waals surface area contributed by atoms with E-state index in [0.717, 1.165) is 16.7 Å². The van der Waals surface area contributed by atoms with Crippen molar-refractivity contribution in [2.45, 2.75) is 12.8 Å². The maximum atomic E-state index is 13.1. The van der Waals surface area contributed by atoms with Crippen LogP contribution in [0.2, 0.25) is 0 Å². The van der Waals surface area contributed by atoms with Crippen molar-refractivity contribution in [3.63, 3.8) is 0 Å². The lowest BCUT2D eigenvalue weighted by molar-refractivity contribution is 0.103. The van der Waals surface area contributed by atoms with Gasteiger partial charge in [0.15, 0.2) is 5.78 Å². The van der Waals surface area contributed by atoms with Gasteiger partial charge in [-0.1, -0.05) is 66.2 Å². The van der Waals surface area contributed by atoms with Gasteiger partial charge >= 0.3 is 0 Å². The topological polar surface area (TPSA) is 57.5 Å². The lowest BCUT2D eigenvalue weighted by Crippen LogP contribution is -2.20. The second-order valence-electron chi connectivity index (χ2n) is 7.32. The summed E-state index contributed by atoms with van der Waals surface area (Å²) in [6.07, 6.45) is 0. The zero-order valence-electron chi connectivity index (χ0n) is 15.3. The second kappa shape index (κ2) is 5.96. The van der Waals surface area contributed by atoms with Gasteiger partial charge in [0.25, 0.3) is 0 Å². The smallest absolute Gasteiger partial charge is 0.193 e. The number of carbonyl (C=O) groups is 1. The maximum absolute atomic E-state index is 13.1. The minimum Gasteiger partial charge on any atom is -0.507 e. The zero-order valence-corrected chi connectivity index (χ0v) is 15.3. The molecule has 136 valence electrons. The number of carbonyl (C=O) groups excluding carboxylic acids is 1. The molecule has 1 atom stereocenters. The number of phenolic OH excluding ortho intramolecular Hbond substituents is 2. The summed E-state index contributed by atoms with van der Waals surface area (Å²) in [6, 6.07) is 22.2. The minimum atomic E-state index is -0.333. The van der Waals surface area contributed by atoms with Crippen LogP contribution < -0.4 is 0 Å². The quantitative estimate of drug-likeness (QED) is 0.397. The van der Waals surface area contributed by atoms with Crippen LogP contribution in [0.4, 0.5) is 0 Å². The SMILES string of the molecule is Cc1ccc2c(c1)C(=O)c1ccccc1C2c1cc(O)c2ccccc2c1O. The summed E-state index contributed by atoms with van der Waals surface area (Å²) in [5, 5.41) is 22.9. The first-order valence-electron chi connectivity index (χ1n) is 9.24. The number of fused-ring (bicyclic) bond motifs is 3. The van der Waals surface area contributed by atoms with E-state index in [-0.39, 0.29) is 23.2 Å². The molecule has 0 bridgehead atoms. The molecule has 1 aliphatic rings. The van der Waals surface area contributed by atoms with Crippen molar-refractivity contribution in [2.75, 3.05) is 0 Å². The van der Waals surface area contributed by atoms with Crippen molar-refractivity contribution < 1.29 is 15.0 Å². The van der Waals surface area contributed by atoms with Crippen molar-refractivity contribution in [3.8, 4) is 11.5 Å². The third-order valence-electron chi connectivity index (χ3n) is 5.62. The lowest BCUT2D eigenvalue weighted by atomic mass is 9.73. The summed E-state index contributed by atoms with van der Waals surface area (Å²) in [6.45, 7) is 1.96. The van der Waals surface area contributed by atoms with Gasteiger partial charge in [-0.15, -0.1) is 0 Å². The first-order valence-corrected chi connectivity index (χ1v) is 9.24. The van der Waals surface area contributed by atoms with Crippen LogP contribution in [-0.4, -0.2) is 16.0 Å². The molecule has 1 unspecified atom stereocenters. The summed E-state index contributed by atoms with van der Waals surface area (Å²) in [7, 11) is 0. The Bertz CT molecular complexity index is 1270. The Morgan fingerprint density at radius 2 is 1.39 bits per heavy atom. The van der Waals surface area contributed by atoms with Crippen molar-refractivity contribution in [1.82, 2.24) is 0 Å². The monoisotopic (exact) mass is 366 g/mol. The molecule has 2 N–H and O–H groups in total. The van der Waals surface area contributed by atoms with E-state index >= 15 is 0 Å². The molecule has 0 aromatic heterocycles. The van der Waals surface area contributed by atoms with Gasteiger partial charge < -0.3 is 10.2 Å². The summed E-state index contributed by atoms with van der Waals surface area (Å²) < 4.78 is 0. The van der Waals surface area contributed by atoms with Crippen molar-refractivity contribution in [3.05, 3.63) is 106 Å². The Morgan fingerprint density at radius 3 is 2.21 bits per heavy atom. The molecule has 0 saturated carbocycles. The van der Waals surface area contributed by atoms with Gasteiger partial charge in [0.2, 0.25) is 0 Å². The predicted molar refractivity (Wildman–Crippen MR) is 109 cm³/mol. The Morgan fingerprint density at radius 1 is 0.714 bits per heavy atom. The summed E-state index contributed by atoms with van der Waals surface area (Å²) >= 11 is 0. The second-order valence-corrected chi connectivity index (χ2v) is 7.32. The Kier molecular flexibility index (Phi) is 3.53. The Balaban J connectivity index is 1.87. The van der Waals surface area contributed by atoms with Gasteiger partial charge in [-0.05, 0) is 30.2 Å². The third-order valence-corrected chi connectivity index (χ3v) is 5.62. The molecule has 0 aliphatic heterocycles. The fourth-order valence-electron chi connectivity index (χ4n) is 4.30. The molecule has 0 spiro atoms. The number of aryl methyl sites for hydroxylation is 1. The first-order chi connectivity index (χ1) is 13.6. The standard InChI is InChI=1S/C25H18O3/c1-14-10-11-17-20(12-14)24(27)19-9-5-3-7-16(19)23(17)21-13-22(26)15-6-2-4-8-18(15)25(21)28/h2-13,23,26,28H,1H3. The summed E-state index contributed by atoms with van der Waals surface area (Å²) in [4.78, 5) is 13.1. The van der Waals surface area contributed by atoms with E-state index in [2.05, 4.69) is 0 Å². The van der Waals surface area contributed by atoms with Crippen molar-refractivity contribution >= 4 is 16.6 Å². The molecule has 0 heterocycles. The molecule has 1 aliphatic carbocycles. The van der Waals surface area contributed by atoms with Crippen LogP contribution in [-0.2, 0) is 0 Å².